The van der Waals surface area contributed by atoms with Gasteiger partial charge in [-0.2, -0.15) is 0 Å². The summed E-state index contributed by atoms with van der Waals surface area (Å²) < 4.78 is 0. The molecule has 0 bridgehead atoms. The van der Waals surface area contributed by atoms with Crippen LogP contribution in [0.4, 0.5) is 4.79 Å². The number of hydrogen-bond acceptors (Lipinski definition) is 1. The van der Waals surface area contributed by atoms with Crippen LogP contribution in [-0.4, -0.2) is 21.8 Å². The first-order valence-corrected chi connectivity index (χ1v) is 0.651. The van der Waals surface area contributed by atoms with Crippen molar-refractivity contribution in [1.82, 2.24) is 0 Å². The van der Waals surface area contributed by atoms with Crippen molar-refractivity contribution in [3.63, 3.8) is 0 Å². The van der Waals surface area contributed by atoms with Crippen LogP contribution < -0.4 is 0 Å². The molecular formula is CH4CoO4. The first-order valence-electron chi connectivity index (χ1n) is 0.651. The molecule has 0 unspecified atom stereocenters. The molecule has 0 rings (SSSR count). The second kappa shape index (κ2) is 8.83. The maximum absolute atomic E-state index is 8.56. The van der Waals surface area contributed by atoms with Crippen LogP contribution in [0, 0.1) is 0 Å². The van der Waals surface area contributed by atoms with Crippen molar-refractivity contribution in [1.29, 1.82) is 0 Å². The van der Waals surface area contributed by atoms with Crippen molar-refractivity contribution in [2.45, 2.75) is 0 Å². The maximum atomic E-state index is 8.56. The molecule has 5 heteroatoms. The summed E-state index contributed by atoms with van der Waals surface area (Å²) in [6, 6.07) is 0. The Hall–Kier alpha value is -0.264. The van der Waals surface area contributed by atoms with Gasteiger partial charge in [-0.1, -0.05) is 0 Å². The van der Waals surface area contributed by atoms with Crippen LogP contribution in [0.1, 0.15) is 0 Å². The summed E-state index contributed by atoms with van der Waals surface area (Å²) in [5.74, 6) is 0. The summed E-state index contributed by atoms with van der Waals surface area (Å²) in [7, 11) is 0. The van der Waals surface area contributed by atoms with Crippen LogP contribution in [0.15, 0.2) is 0 Å². The molecule has 0 aromatic heterocycles. The van der Waals surface area contributed by atoms with Crippen molar-refractivity contribution >= 4 is 6.16 Å². The molecule has 0 amide bonds. The van der Waals surface area contributed by atoms with Crippen molar-refractivity contribution in [2.24, 2.45) is 0 Å². The molecular weight excluding hydrogens is 135 g/mol. The number of carbonyl (C=O) groups is 1. The molecule has 0 atom stereocenters. The molecule has 41 valence electrons. The predicted molar refractivity (Wildman–Crippen MR) is 14.3 cm³/mol. The monoisotopic (exact) mass is 139 g/mol. The Morgan fingerprint density at radius 3 is 1.33 bits per heavy atom. The first-order chi connectivity index (χ1) is 1.73. The third kappa shape index (κ3) is 403. The van der Waals surface area contributed by atoms with Gasteiger partial charge in [0.15, 0.2) is 0 Å². The zero-order valence-electron chi connectivity index (χ0n) is 2.64. The summed E-state index contributed by atoms with van der Waals surface area (Å²) in [5.41, 5.74) is 0. The van der Waals surface area contributed by atoms with Crippen LogP contribution in [0.5, 0.6) is 0 Å². The quantitative estimate of drug-likeness (QED) is 0.469. The van der Waals surface area contributed by atoms with Crippen LogP contribution >= 0.6 is 0 Å². The normalized spacial score (nSPS) is 4.00. The second-order valence-corrected chi connectivity index (χ2v) is 0.283. The molecule has 0 aromatic rings. The SMILES string of the molecule is O.O=C(O)O.[Co]. The molecule has 0 spiro atoms. The van der Waals surface area contributed by atoms with Gasteiger partial charge in [0.25, 0.3) is 0 Å². The molecule has 0 saturated carbocycles. The molecule has 0 aromatic carbocycles. The summed E-state index contributed by atoms with van der Waals surface area (Å²) >= 11 is 0. The summed E-state index contributed by atoms with van der Waals surface area (Å²) in [4.78, 5) is 8.56. The van der Waals surface area contributed by atoms with Crippen LogP contribution in [0.2, 0.25) is 0 Å². The average Bonchev–Trinajstić information content (AvgIpc) is 0.811. The Balaban J connectivity index is -0.0000000450. The fourth-order valence-corrected chi connectivity index (χ4v) is 0. The molecule has 6 heavy (non-hydrogen) atoms. The van der Waals surface area contributed by atoms with Gasteiger partial charge in [0.1, 0.15) is 0 Å². The van der Waals surface area contributed by atoms with E-state index in [4.69, 9.17) is 15.0 Å². The van der Waals surface area contributed by atoms with E-state index in [9.17, 15) is 0 Å². The van der Waals surface area contributed by atoms with Gasteiger partial charge in [0, 0.05) is 16.8 Å². The molecule has 0 fully saturated rings. The van der Waals surface area contributed by atoms with E-state index in [-0.39, 0.29) is 22.3 Å². The third-order valence-electron chi connectivity index (χ3n) is 0. The maximum Gasteiger partial charge on any atom is 0.503 e. The van der Waals surface area contributed by atoms with Gasteiger partial charge in [-0.25, -0.2) is 4.79 Å². The molecule has 1 radical (unpaired) electrons. The Morgan fingerprint density at radius 1 is 1.33 bits per heavy atom. The topological polar surface area (TPSA) is 89.0 Å². The molecule has 0 aliphatic carbocycles. The molecule has 0 aliphatic heterocycles. The van der Waals surface area contributed by atoms with Crippen LogP contribution in [0.25, 0.3) is 0 Å². The van der Waals surface area contributed by atoms with Crippen molar-refractivity contribution < 1.29 is 37.3 Å². The number of hydrogen-bond donors (Lipinski definition) is 2. The van der Waals surface area contributed by atoms with Crippen LogP contribution in [-0.2, 0) is 16.8 Å². The Kier molecular flexibility index (Phi) is 25.3. The smallest absolute Gasteiger partial charge is 0.450 e. The summed E-state index contributed by atoms with van der Waals surface area (Å²) in [5, 5.41) is 13.9. The average molecular weight is 139 g/mol. The van der Waals surface area contributed by atoms with E-state index in [0.717, 1.165) is 0 Å². The summed E-state index contributed by atoms with van der Waals surface area (Å²) in [6.45, 7) is 0. The zero-order valence-corrected chi connectivity index (χ0v) is 3.68. The Labute approximate surface area is 44.3 Å². The molecule has 0 heterocycles. The fourth-order valence-electron chi connectivity index (χ4n) is 0. The minimum absolute atomic E-state index is 0. The largest absolute Gasteiger partial charge is 0.503 e. The van der Waals surface area contributed by atoms with Crippen LogP contribution in [0.3, 0.4) is 0 Å². The van der Waals surface area contributed by atoms with Gasteiger partial charge >= 0.3 is 6.16 Å². The number of carboxylic acid groups (broad SMARTS) is 2. The predicted octanol–water partition coefficient (Wildman–Crippen LogP) is -0.605. The second-order valence-electron chi connectivity index (χ2n) is 0.283. The third-order valence-corrected chi connectivity index (χ3v) is 0. The Bertz CT molecular complexity index is 30.5. The molecule has 4 nitrogen and oxygen atoms in total. The van der Waals surface area contributed by atoms with Gasteiger partial charge in [-0.15, -0.1) is 0 Å². The zero-order chi connectivity index (χ0) is 3.58. The van der Waals surface area contributed by atoms with E-state index in [2.05, 4.69) is 0 Å². The van der Waals surface area contributed by atoms with Gasteiger partial charge in [-0.3, -0.25) is 0 Å². The fraction of sp³-hybridized carbons (Fsp3) is 0. The van der Waals surface area contributed by atoms with Gasteiger partial charge < -0.3 is 15.7 Å². The molecule has 4 N–H and O–H groups in total. The van der Waals surface area contributed by atoms with E-state index in [1.807, 2.05) is 0 Å². The minimum Gasteiger partial charge on any atom is -0.450 e. The van der Waals surface area contributed by atoms with E-state index >= 15 is 0 Å². The number of rotatable bonds is 0. The standard InChI is InChI=1S/CH2O3.Co.H2O/c2-1(3)4;;/h(H2,2,3,4);;1H2. The minimum atomic E-state index is -1.83. The molecule has 0 aliphatic rings. The van der Waals surface area contributed by atoms with E-state index in [0.29, 0.717) is 0 Å². The van der Waals surface area contributed by atoms with Crippen molar-refractivity contribution in [2.75, 3.05) is 0 Å². The van der Waals surface area contributed by atoms with Crippen molar-refractivity contribution in [3.05, 3.63) is 0 Å². The van der Waals surface area contributed by atoms with Gasteiger partial charge in [0.2, 0.25) is 0 Å². The van der Waals surface area contributed by atoms with Crippen molar-refractivity contribution in [3.8, 4) is 0 Å². The summed E-state index contributed by atoms with van der Waals surface area (Å²) in [6.07, 6.45) is -1.83. The van der Waals surface area contributed by atoms with E-state index < -0.39 is 6.16 Å². The Morgan fingerprint density at radius 2 is 1.33 bits per heavy atom. The first kappa shape index (κ1) is 17.2. The van der Waals surface area contributed by atoms with E-state index in [1.54, 1.807) is 0 Å². The van der Waals surface area contributed by atoms with E-state index in [1.165, 1.54) is 0 Å². The molecule has 0 saturated heterocycles. The van der Waals surface area contributed by atoms with Gasteiger partial charge in [-0.05, 0) is 0 Å². The van der Waals surface area contributed by atoms with Gasteiger partial charge in [0.05, 0.1) is 0 Å².